The number of rotatable bonds is 2. The fraction of sp³-hybridized carbons (Fsp3) is 0.812. The highest BCUT2D eigenvalue weighted by Crippen LogP contribution is 2.31. The number of fused-ring (bicyclic) bond motifs is 1. The Morgan fingerprint density at radius 2 is 1.86 bits per heavy atom. The normalized spacial score (nSPS) is 26.6. The van der Waals surface area contributed by atoms with E-state index in [1.165, 1.54) is 25.7 Å². The zero-order valence-corrected chi connectivity index (χ0v) is 13.4. The van der Waals surface area contributed by atoms with Gasteiger partial charge in [-0.05, 0) is 39.3 Å². The highest BCUT2D eigenvalue weighted by atomic mass is 16.2. The van der Waals surface area contributed by atoms with E-state index >= 15 is 0 Å². The van der Waals surface area contributed by atoms with Crippen LogP contribution >= 0.6 is 0 Å². The van der Waals surface area contributed by atoms with Crippen LogP contribution < -0.4 is 0 Å². The van der Waals surface area contributed by atoms with Gasteiger partial charge in [-0.1, -0.05) is 12.8 Å². The molecular weight excluding hydrogens is 278 g/mol. The third-order valence-corrected chi connectivity index (χ3v) is 5.62. The highest BCUT2D eigenvalue weighted by molar-refractivity contribution is 5.79. The predicted octanol–water partition coefficient (Wildman–Crippen LogP) is 1.58. The van der Waals surface area contributed by atoms with Crippen molar-refractivity contribution in [1.82, 2.24) is 24.6 Å². The molecule has 6 nitrogen and oxygen atoms in total. The molecule has 1 atom stereocenters. The second-order valence-corrected chi connectivity index (χ2v) is 7.01. The number of hydrogen-bond donors (Lipinski definition) is 0. The van der Waals surface area contributed by atoms with Crippen LogP contribution in [0.5, 0.6) is 0 Å². The number of aromatic nitrogens is 3. The van der Waals surface area contributed by atoms with Gasteiger partial charge in [0, 0.05) is 19.0 Å². The minimum atomic E-state index is 0.259. The summed E-state index contributed by atoms with van der Waals surface area (Å²) >= 11 is 0. The molecule has 1 aromatic rings. The predicted molar refractivity (Wildman–Crippen MR) is 82.0 cm³/mol. The van der Waals surface area contributed by atoms with Crippen LogP contribution in [0.3, 0.4) is 0 Å². The molecule has 120 valence electrons. The van der Waals surface area contributed by atoms with Gasteiger partial charge in [-0.3, -0.25) is 9.69 Å². The van der Waals surface area contributed by atoms with Crippen molar-refractivity contribution in [3.05, 3.63) is 11.6 Å². The van der Waals surface area contributed by atoms with Gasteiger partial charge in [0.05, 0.1) is 12.6 Å². The minimum Gasteiger partial charge on any atom is -0.333 e. The van der Waals surface area contributed by atoms with Crippen molar-refractivity contribution in [1.29, 1.82) is 0 Å². The van der Waals surface area contributed by atoms with Gasteiger partial charge in [0.1, 0.15) is 0 Å². The van der Waals surface area contributed by atoms with Crippen molar-refractivity contribution in [3.8, 4) is 0 Å². The lowest BCUT2D eigenvalue weighted by Crippen LogP contribution is -2.41. The first kappa shape index (κ1) is 14.2. The molecule has 0 N–H and O–H groups in total. The molecule has 1 aromatic heterocycles. The highest BCUT2D eigenvalue weighted by Gasteiger charge is 2.33. The number of nitrogens with zero attached hydrogens (tertiary/aromatic N) is 5. The van der Waals surface area contributed by atoms with Crippen LogP contribution in [0.4, 0.5) is 0 Å². The summed E-state index contributed by atoms with van der Waals surface area (Å²) in [5, 5.41) is 8.84. The number of carbonyl (C=O) groups is 1. The first-order chi connectivity index (χ1) is 10.7. The molecule has 0 radical (unpaired) electrons. The number of carbonyl (C=O) groups excluding carboxylic acids is 1. The summed E-state index contributed by atoms with van der Waals surface area (Å²) in [7, 11) is 2.16. The zero-order chi connectivity index (χ0) is 15.1. The summed E-state index contributed by atoms with van der Waals surface area (Å²) in [5.41, 5.74) is 0. The molecule has 6 heteroatoms. The molecule has 0 spiro atoms. The van der Waals surface area contributed by atoms with Gasteiger partial charge >= 0.3 is 0 Å². The molecule has 3 aliphatic rings. The van der Waals surface area contributed by atoms with Crippen LogP contribution in [0.1, 0.15) is 56.2 Å². The Labute approximate surface area is 131 Å². The molecule has 1 aliphatic carbocycles. The van der Waals surface area contributed by atoms with E-state index in [2.05, 4.69) is 26.7 Å². The zero-order valence-electron chi connectivity index (χ0n) is 13.4. The smallest absolute Gasteiger partial charge is 0.226 e. The van der Waals surface area contributed by atoms with Gasteiger partial charge in [-0.2, -0.15) is 0 Å². The molecule has 2 fully saturated rings. The Kier molecular flexibility index (Phi) is 3.64. The van der Waals surface area contributed by atoms with Crippen molar-refractivity contribution in [2.45, 2.75) is 57.7 Å². The standard InChI is InChI=1S/C16H25N5O/c1-19-8-4-7-13(19)15-18-17-14-11-20(9-10-21(14)15)16(22)12-5-2-3-6-12/h12-13H,2-11H2,1H3/t13-/m0/s1. The first-order valence-electron chi connectivity index (χ1n) is 8.65. The maximum absolute atomic E-state index is 12.6. The van der Waals surface area contributed by atoms with Gasteiger partial charge in [0.15, 0.2) is 11.6 Å². The van der Waals surface area contributed by atoms with Gasteiger partial charge in [0.25, 0.3) is 0 Å². The average molecular weight is 303 g/mol. The fourth-order valence-electron chi connectivity index (χ4n) is 4.28. The number of amides is 1. The van der Waals surface area contributed by atoms with Crippen LogP contribution in [0.15, 0.2) is 0 Å². The van der Waals surface area contributed by atoms with Crippen LogP contribution in [0, 0.1) is 5.92 Å². The molecule has 1 saturated heterocycles. The van der Waals surface area contributed by atoms with Crippen LogP contribution in [-0.2, 0) is 17.9 Å². The molecule has 0 unspecified atom stereocenters. The number of likely N-dealkylation sites (tertiary alicyclic amines) is 1. The third-order valence-electron chi connectivity index (χ3n) is 5.62. The molecule has 3 heterocycles. The van der Waals surface area contributed by atoms with Gasteiger partial charge in [-0.25, -0.2) is 0 Å². The van der Waals surface area contributed by atoms with Crippen molar-refractivity contribution in [2.75, 3.05) is 20.1 Å². The van der Waals surface area contributed by atoms with Crippen LogP contribution in [0.2, 0.25) is 0 Å². The Bertz CT molecular complexity index is 563. The Morgan fingerprint density at radius 3 is 2.59 bits per heavy atom. The molecule has 0 aromatic carbocycles. The second-order valence-electron chi connectivity index (χ2n) is 7.01. The summed E-state index contributed by atoms with van der Waals surface area (Å²) in [5.74, 6) is 2.66. The topological polar surface area (TPSA) is 54.3 Å². The summed E-state index contributed by atoms with van der Waals surface area (Å²) in [6, 6.07) is 0.401. The van der Waals surface area contributed by atoms with E-state index in [4.69, 9.17) is 0 Å². The summed E-state index contributed by atoms with van der Waals surface area (Å²) < 4.78 is 2.25. The molecule has 1 saturated carbocycles. The minimum absolute atomic E-state index is 0.259. The fourth-order valence-corrected chi connectivity index (χ4v) is 4.28. The Balaban J connectivity index is 1.50. The second kappa shape index (κ2) is 5.65. The Hall–Kier alpha value is -1.43. The molecule has 2 aliphatic heterocycles. The maximum atomic E-state index is 12.6. The van der Waals surface area contributed by atoms with Crippen molar-refractivity contribution >= 4 is 5.91 Å². The van der Waals surface area contributed by atoms with E-state index in [9.17, 15) is 4.79 Å². The van der Waals surface area contributed by atoms with Gasteiger partial charge in [0.2, 0.25) is 5.91 Å². The average Bonchev–Trinajstić information content (AvgIpc) is 3.25. The van der Waals surface area contributed by atoms with E-state index in [1.807, 2.05) is 4.90 Å². The largest absolute Gasteiger partial charge is 0.333 e. The monoisotopic (exact) mass is 303 g/mol. The maximum Gasteiger partial charge on any atom is 0.226 e. The van der Waals surface area contributed by atoms with Crippen molar-refractivity contribution in [2.24, 2.45) is 5.92 Å². The Morgan fingerprint density at radius 1 is 1.05 bits per heavy atom. The molecule has 0 bridgehead atoms. The summed E-state index contributed by atoms with van der Waals surface area (Å²) in [4.78, 5) is 17.0. The van der Waals surface area contributed by atoms with E-state index in [0.717, 1.165) is 44.1 Å². The van der Waals surface area contributed by atoms with Gasteiger partial charge < -0.3 is 9.47 Å². The first-order valence-corrected chi connectivity index (χ1v) is 8.65. The van der Waals surface area contributed by atoms with Crippen LogP contribution in [0.25, 0.3) is 0 Å². The SMILES string of the molecule is CN1CCC[C@H]1c1nnc2n1CCN(C(=O)C1CCCC1)C2. The van der Waals surface area contributed by atoms with Crippen molar-refractivity contribution in [3.63, 3.8) is 0 Å². The molecular formula is C16H25N5O. The molecule has 22 heavy (non-hydrogen) atoms. The third kappa shape index (κ3) is 2.33. The van der Waals surface area contributed by atoms with E-state index < -0.39 is 0 Å². The lowest BCUT2D eigenvalue weighted by Gasteiger charge is -2.31. The summed E-state index contributed by atoms with van der Waals surface area (Å²) in [6.07, 6.45) is 6.95. The van der Waals surface area contributed by atoms with E-state index in [1.54, 1.807) is 0 Å². The van der Waals surface area contributed by atoms with Gasteiger partial charge in [-0.15, -0.1) is 10.2 Å². The quantitative estimate of drug-likeness (QED) is 0.832. The van der Waals surface area contributed by atoms with Crippen LogP contribution in [-0.4, -0.2) is 50.6 Å². The lowest BCUT2D eigenvalue weighted by molar-refractivity contribution is -0.136. The van der Waals surface area contributed by atoms with E-state index in [-0.39, 0.29) is 5.92 Å². The molecule has 4 rings (SSSR count). The van der Waals surface area contributed by atoms with E-state index in [0.29, 0.717) is 18.5 Å². The van der Waals surface area contributed by atoms with Crippen molar-refractivity contribution < 1.29 is 4.79 Å². The molecule has 1 amide bonds. The number of hydrogen-bond acceptors (Lipinski definition) is 4. The summed E-state index contributed by atoms with van der Waals surface area (Å²) in [6.45, 7) is 3.43. The lowest BCUT2D eigenvalue weighted by atomic mass is 10.1.